The van der Waals surface area contributed by atoms with Crippen LogP contribution in [0.5, 0.6) is 0 Å². The van der Waals surface area contributed by atoms with Crippen molar-refractivity contribution in [3.63, 3.8) is 0 Å². The molecule has 0 unspecified atom stereocenters. The number of carbonyl (C=O) groups is 3. The van der Waals surface area contributed by atoms with Crippen LogP contribution in [0.2, 0.25) is 0 Å². The number of amides is 2. The molecule has 1 aliphatic carbocycles. The molecule has 30 heavy (non-hydrogen) atoms. The molecular weight excluding hydrogens is 420 g/mol. The molecule has 3 heterocycles. The Kier molecular flexibility index (Phi) is 5.63. The minimum atomic E-state index is -0.284. The molecule has 0 bridgehead atoms. The van der Waals surface area contributed by atoms with Crippen molar-refractivity contribution in [1.29, 1.82) is 0 Å². The van der Waals surface area contributed by atoms with Gasteiger partial charge in [-0.1, -0.05) is 0 Å². The molecule has 2 aromatic heterocycles. The zero-order valence-corrected chi connectivity index (χ0v) is 19.2. The van der Waals surface area contributed by atoms with E-state index in [1.54, 1.807) is 17.4 Å². The van der Waals surface area contributed by atoms with E-state index in [1.165, 1.54) is 11.9 Å². The van der Waals surface area contributed by atoms with E-state index < -0.39 is 0 Å². The first kappa shape index (κ1) is 20.9. The van der Waals surface area contributed by atoms with Crippen molar-refractivity contribution < 1.29 is 19.1 Å². The fourth-order valence-corrected chi connectivity index (χ4v) is 6.36. The van der Waals surface area contributed by atoms with Gasteiger partial charge >= 0.3 is 5.97 Å². The van der Waals surface area contributed by atoms with Gasteiger partial charge in [-0.3, -0.25) is 14.5 Å². The molecule has 4 rings (SSSR count). The quantitative estimate of drug-likeness (QED) is 0.497. The molecule has 6 nitrogen and oxygen atoms in total. The average Bonchev–Trinajstić information content (AvgIpc) is 3.30. The van der Waals surface area contributed by atoms with E-state index in [0.29, 0.717) is 17.1 Å². The smallest absolute Gasteiger partial charge is 0.341 e. The number of aryl methyl sites for hydroxylation is 2. The van der Waals surface area contributed by atoms with Crippen LogP contribution in [0, 0.1) is 13.8 Å². The van der Waals surface area contributed by atoms with Crippen LogP contribution in [0.4, 0.5) is 4.79 Å². The monoisotopic (exact) mass is 444 g/mol. The summed E-state index contributed by atoms with van der Waals surface area (Å²) in [5, 5.41) is 0.620. The predicted molar refractivity (Wildman–Crippen MR) is 119 cm³/mol. The van der Waals surface area contributed by atoms with Crippen molar-refractivity contribution in [2.24, 2.45) is 0 Å². The fraction of sp³-hybridized carbons (Fsp3) is 0.409. The van der Waals surface area contributed by atoms with Crippen LogP contribution in [-0.4, -0.2) is 40.2 Å². The number of likely N-dealkylation sites (N-methyl/N-ethyl adjacent to an activating group) is 1. The van der Waals surface area contributed by atoms with Crippen LogP contribution in [-0.2, 0) is 22.4 Å². The first-order chi connectivity index (χ1) is 14.3. The number of rotatable bonds is 4. The molecule has 0 spiro atoms. The number of hydrogen-bond acceptors (Lipinski definition) is 6. The molecule has 2 aromatic rings. The molecule has 0 atom stereocenters. The van der Waals surface area contributed by atoms with Crippen LogP contribution < -0.4 is 0 Å². The normalized spacial score (nSPS) is 17.7. The highest BCUT2D eigenvalue weighted by Crippen LogP contribution is 2.40. The van der Waals surface area contributed by atoms with Gasteiger partial charge in [-0.25, -0.2) is 4.79 Å². The van der Waals surface area contributed by atoms with Gasteiger partial charge in [0.15, 0.2) is 0 Å². The third kappa shape index (κ3) is 3.41. The van der Waals surface area contributed by atoms with Crippen molar-refractivity contribution in [2.75, 3.05) is 13.7 Å². The van der Waals surface area contributed by atoms with Crippen molar-refractivity contribution in [1.82, 2.24) is 9.47 Å². The molecule has 8 heteroatoms. The summed E-state index contributed by atoms with van der Waals surface area (Å²) in [5.74, 6) is -0.554. The van der Waals surface area contributed by atoms with Gasteiger partial charge in [0.25, 0.3) is 11.1 Å². The Bertz CT molecular complexity index is 1090. The Labute approximate surface area is 183 Å². The van der Waals surface area contributed by atoms with Crippen LogP contribution in [0.25, 0.3) is 11.1 Å². The molecule has 1 aliphatic heterocycles. The van der Waals surface area contributed by atoms with Crippen molar-refractivity contribution >= 4 is 46.3 Å². The van der Waals surface area contributed by atoms with Gasteiger partial charge in [-0.2, -0.15) is 0 Å². The van der Waals surface area contributed by atoms with E-state index in [1.807, 2.05) is 26.8 Å². The van der Waals surface area contributed by atoms with Crippen LogP contribution >= 0.6 is 23.1 Å². The Morgan fingerprint density at radius 2 is 1.97 bits per heavy atom. The Morgan fingerprint density at radius 3 is 2.63 bits per heavy atom. The average molecular weight is 445 g/mol. The third-order valence-corrected chi connectivity index (χ3v) is 7.82. The van der Waals surface area contributed by atoms with Gasteiger partial charge in [0.2, 0.25) is 0 Å². The second-order valence-corrected chi connectivity index (χ2v) is 9.59. The molecule has 2 aliphatic rings. The second-order valence-electron chi connectivity index (χ2n) is 7.51. The number of thiophene rings is 1. The van der Waals surface area contributed by atoms with Crippen LogP contribution in [0.1, 0.15) is 57.5 Å². The highest BCUT2D eigenvalue weighted by molar-refractivity contribution is 8.18. The van der Waals surface area contributed by atoms with Gasteiger partial charge in [0, 0.05) is 23.3 Å². The lowest BCUT2D eigenvalue weighted by Crippen LogP contribution is -2.22. The topological polar surface area (TPSA) is 68.6 Å². The third-order valence-electron chi connectivity index (χ3n) is 5.58. The maximum Gasteiger partial charge on any atom is 0.341 e. The lowest BCUT2D eigenvalue weighted by atomic mass is 9.95. The molecule has 0 radical (unpaired) electrons. The van der Waals surface area contributed by atoms with Crippen molar-refractivity contribution in [2.45, 2.75) is 46.5 Å². The zero-order valence-electron chi connectivity index (χ0n) is 17.5. The van der Waals surface area contributed by atoms with Crippen LogP contribution in [0.15, 0.2) is 11.0 Å². The standard InChI is InChI=1S/C22H24N2O4S2/c1-5-28-21(26)18-15-8-6-7-9-16(15)29-20(18)24-12(2)10-14(13(24)3)11-17-19(25)23(4)22(27)30-17/h10-11H,5-9H2,1-4H3. The first-order valence-electron chi connectivity index (χ1n) is 10.1. The highest BCUT2D eigenvalue weighted by atomic mass is 32.2. The Hall–Kier alpha value is -2.32. The lowest BCUT2D eigenvalue weighted by Gasteiger charge is -2.13. The lowest BCUT2D eigenvalue weighted by molar-refractivity contribution is -0.121. The molecule has 0 saturated carbocycles. The molecule has 1 saturated heterocycles. The maximum absolute atomic E-state index is 12.9. The van der Waals surface area contributed by atoms with E-state index in [-0.39, 0.29) is 17.1 Å². The summed E-state index contributed by atoms with van der Waals surface area (Å²) in [7, 11) is 1.49. The molecule has 0 N–H and O–H groups in total. The zero-order chi connectivity index (χ0) is 21.6. The maximum atomic E-state index is 12.9. The molecule has 158 valence electrons. The number of carbonyl (C=O) groups excluding carboxylic acids is 3. The number of fused-ring (bicyclic) bond motifs is 1. The Balaban J connectivity index is 1.83. The Morgan fingerprint density at radius 1 is 1.23 bits per heavy atom. The largest absolute Gasteiger partial charge is 0.462 e. The number of aromatic nitrogens is 1. The van der Waals surface area contributed by atoms with E-state index in [0.717, 1.165) is 69.9 Å². The second kappa shape index (κ2) is 8.07. The van der Waals surface area contributed by atoms with Gasteiger partial charge in [-0.05, 0) is 81.5 Å². The fourth-order valence-electron chi connectivity index (χ4n) is 4.06. The number of hydrogen-bond donors (Lipinski definition) is 0. The van der Waals surface area contributed by atoms with Crippen molar-refractivity contribution in [3.05, 3.63) is 43.9 Å². The SMILES string of the molecule is CCOC(=O)c1c(-n2c(C)cc(C=C3SC(=O)N(C)C3=O)c2C)sc2c1CCCC2. The summed E-state index contributed by atoms with van der Waals surface area (Å²) in [6.07, 6.45) is 5.87. The molecular formula is C22H24N2O4S2. The van der Waals surface area contributed by atoms with E-state index in [4.69, 9.17) is 4.74 Å². The molecule has 1 fully saturated rings. The van der Waals surface area contributed by atoms with Gasteiger partial charge in [0.1, 0.15) is 5.00 Å². The number of ether oxygens (including phenoxy) is 1. The molecule has 2 amide bonds. The summed E-state index contributed by atoms with van der Waals surface area (Å²) < 4.78 is 7.48. The summed E-state index contributed by atoms with van der Waals surface area (Å²) in [5.41, 5.74) is 4.57. The van der Waals surface area contributed by atoms with Gasteiger partial charge < -0.3 is 9.30 Å². The summed E-state index contributed by atoms with van der Waals surface area (Å²) in [6, 6.07) is 1.99. The summed E-state index contributed by atoms with van der Waals surface area (Å²) >= 11 is 2.61. The first-order valence-corrected chi connectivity index (χ1v) is 11.7. The number of imide groups is 1. The number of nitrogens with zero attached hydrogens (tertiary/aromatic N) is 2. The number of thioether (sulfide) groups is 1. The molecule has 0 aromatic carbocycles. The van der Waals surface area contributed by atoms with Crippen molar-refractivity contribution in [3.8, 4) is 5.00 Å². The van der Waals surface area contributed by atoms with E-state index in [9.17, 15) is 14.4 Å². The summed E-state index contributed by atoms with van der Waals surface area (Å²) in [4.78, 5) is 39.8. The minimum Gasteiger partial charge on any atom is -0.462 e. The van der Waals surface area contributed by atoms with Crippen LogP contribution in [0.3, 0.4) is 0 Å². The van der Waals surface area contributed by atoms with E-state index in [2.05, 4.69) is 4.57 Å². The highest BCUT2D eigenvalue weighted by Gasteiger charge is 2.33. The summed E-state index contributed by atoms with van der Waals surface area (Å²) in [6.45, 7) is 6.12. The predicted octanol–water partition coefficient (Wildman–Crippen LogP) is 4.88. The van der Waals surface area contributed by atoms with Gasteiger partial charge in [-0.15, -0.1) is 11.3 Å². The van der Waals surface area contributed by atoms with E-state index >= 15 is 0 Å². The van der Waals surface area contributed by atoms with Gasteiger partial charge in [0.05, 0.1) is 17.1 Å². The number of esters is 1. The minimum absolute atomic E-state index is 0.268.